The lowest BCUT2D eigenvalue weighted by molar-refractivity contribution is -0.122. The summed E-state index contributed by atoms with van der Waals surface area (Å²) in [6.45, 7) is 3.25. The lowest BCUT2D eigenvalue weighted by Crippen LogP contribution is -2.50. The molecule has 1 amide bonds. The monoisotopic (exact) mass is 212 g/mol. The Hall–Kier alpha value is -0.610. The maximum atomic E-state index is 11.4. The second-order valence-corrected chi connectivity index (χ2v) is 4.47. The maximum absolute atomic E-state index is 11.4. The van der Waals surface area contributed by atoms with Gasteiger partial charge in [0.1, 0.15) is 0 Å². The summed E-state index contributed by atoms with van der Waals surface area (Å²) in [6, 6.07) is 0.948. The van der Waals surface area contributed by atoms with Gasteiger partial charge in [-0.05, 0) is 32.6 Å². The molecule has 15 heavy (non-hydrogen) atoms. The van der Waals surface area contributed by atoms with Crippen molar-refractivity contribution in [2.24, 2.45) is 0 Å². The van der Waals surface area contributed by atoms with E-state index in [1.807, 2.05) is 6.92 Å². The van der Waals surface area contributed by atoms with Crippen LogP contribution >= 0.6 is 0 Å². The summed E-state index contributed by atoms with van der Waals surface area (Å²) in [7, 11) is 0. The number of rotatable bonds is 6. The third-order valence-corrected chi connectivity index (χ3v) is 2.99. The smallest absolute Gasteiger partial charge is 0.234 e. The van der Waals surface area contributed by atoms with Crippen molar-refractivity contribution in [1.82, 2.24) is 10.6 Å². The molecule has 0 atom stereocenters. The fraction of sp³-hybridized carbons (Fsp3) is 0.909. The molecule has 4 nitrogen and oxygen atoms in total. The number of amides is 1. The van der Waals surface area contributed by atoms with Crippen molar-refractivity contribution < 1.29 is 9.53 Å². The summed E-state index contributed by atoms with van der Waals surface area (Å²) >= 11 is 0. The van der Waals surface area contributed by atoms with Crippen LogP contribution in [-0.2, 0) is 9.53 Å². The van der Waals surface area contributed by atoms with Gasteiger partial charge in [0, 0.05) is 18.7 Å². The molecule has 0 saturated heterocycles. The lowest BCUT2D eigenvalue weighted by Gasteiger charge is -2.35. The summed E-state index contributed by atoms with van der Waals surface area (Å²) in [5, 5.41) is 6.21. The predicted octanol–water partition coefficient (Wildman–Crippen LogP) is 0.422. The number of hydrogen-bond donors (Lipinski definition) is 2. The first-order valence-corrected chi connectivity index (χ1v) is 5.92. The normalized spacial score (nSPS) is 29.7. The topological polar surface area (TPSA) is 50.4 Å². The van der Waals surface area contributed by atoms with Crippen LogP contribution in [0.2, 0.25) is 0 Å². The highest BCUT2D eigenvalue weighted by Crippen LogP contribution is 2.23. The van der Waals surface area contributed by atoms with Gasteiger partial charge in [0.2, 0.25) is 5.91 Å². The van der Waals surface area contributed by atoms with Crippen LogP contribution in [0.3, 0.4) is 0 Å². The number of carbonyl (C=O) groups excluding carboxylic acids is 1. The Morgan fingerprint density at radius 2 is 2.07 bits per heavy atom. The molecule has 2 fully saturated rings. The van der Waals surface area contributed by atoms with Crippen molar-refractivity contribution in [2.45, 2.75) is 50.8 Å². The molecular formula is C11H20N2O2. The molecule has 2 N–H and O–H groups in total. The first-order valence-electron chi connectivity index (χ1n) is 5.92. The highest BCUT2D eigenvalue weighted by Gasteiger charge is 2.30. The molecule has 0 aromatic rings. The highest BCUT2D eigenvalue weighted by molar-refractivity contribution is 5.78. The standard InChI is InChI=1S/C11H20N2O2/c1-2-15-10-5-9(6-10)13-11(14)7-12-8-3-4-8/h8-10,12H,2-7H2,1H3,(H,13,14). The molecule has 0 spiro atoms. The molecule has 0 heterocycles. The minimum atomic E-state index is 0.127. The third-order valence-electron chi connectivity index (χ3n) is 2.99. The molecule has 2 saturated carbocycles. The number of carbonyl (C=O) groups is 1. The van der Waals surface area contributed by atoms with Crippen molar-refractivity contribution in [3.05, 3.63) is 0 Å². The van der Waals surface area contributed by atoms with Gasteiger partial charge < -0.3 is 15.4 Å². The molecule has 0 radical (unpaired) electrons. The highest BCUT2D eigenvalue weighted by atomic mass is 16.5. The van der Waals surface area contributed by atoms with Gasteiger partial charge >= 0.3 is 0 Å². The fourth-order valence-corrected chi connectivity index (χ4v) is 1.86. The summed E-state index contributed by atoms with van der Waals surface area (Å²) in [5.41, 5.74) is 0. The summed E-state index contributed by atoms with van der Waals surface area (Å²) in [5.74, 6) is 0.127. The Balaban J connectivity index is 1.51. The van der Waals surface area contributed by atoms with Gasteiger partial charge in [0.25, 0.3) is 0 Å². The second kappa shape index (κ2) is 4.94. The van der Waals surface area contributed by atoms with Gasteiger partial charge in [-0.1, -0.05) is 0 Å². The van der Waals surface area contributed by atoms with E-state index in [1.54, 1.807) is 0 Å². The Morgan fingerprint density at radius 3 is 2.67 bits per heavy atom. The maximum Gasteiger partial charge on any atom is 0.234 e. The Kier molecular flexibility index (Phi) is 3.59. The summed E-state index contributed by atoms with van der Waals surface area (Å²) in [4.78, 5) is 11.4. The van der Waals surface area contributed by atoms with Crippen LogP contribution in [0.25, 0.3) is 0 Å². The molecule has 0 bridgehead atoms. The van der Waals surface area contributed by atoms with Crippen LogP contribution in [0.1, 0.15) is 32.6 Å². The van der Waals surface area contributed by atoms with E-state index in [9.17, 15) is 4.79 Å². The van der Waals surface area contributed by atoms with E-state index in [-0.39, 0.29) is 5.91 Å². The van der Waals surface area contributed by atoms with Crippen molar-refractivity contribution in [3.63, 3.8) is 0 Å². The fourth-order valence-electron chi connectivity index (χ4n) is 1.86. The van der Waals surface area contributed by atoms with Gasteiger partial charge in [-0.2, -0.15) is 0 Å². The molecule has 4 heteroatoms. The molecule has 2 aliphatic carbocycles. The molecule has 86 valence electrons. The third kappa shape index (κ3) is 3.47. The molecule has 0 aromatic heterocycles. The minimum absolute atomic E-state index is 0.127. The molecular weight excluding hydrogens is 192 g/mol. The quantitative estimate of drug-likeness (QED) is 0.671. The van der Waals surface area contributed by atoms with Gasteiger partial charge in [-0.3, -0.25) is 4.79 Å². The van der Waals surface area contributed by atoms with Crippen molar-refractivity contribution >= 4 is 5.91 Å². The van der Waals surface area contributed by atoms with Crippen LogP contribution in [0.15, 0.2) is 0 Å². The zero-order chi connectivity index (χ0) is 10.7. The lowest BCUT2D eigenvalue weighted by atomic mass is 9.89. The second-order valence-electron chi connectivity index (χ2n) is 4.47. The van der Waals surface area contributed by atoms with E-state index in [0.29, 0.717) is 24.7 Å². The predicted molar refractivity (Wildman–Crippen MR) is 57.6 cm³/mol. The Morgan fingerprint density at radius 1 is 1.33 bits per heavy atom. The Labute approximate surface area is 90.8 Å². The first kappa shape index (κ1) is 10.9. The van der Waals surface area contributed by atoms with E-state index in [1.165, 1.54) is 12.8 Å². The molecule has 0 aliphatic heterocycles. The summed E-state index contributed by atoms with van der Waals surface area (Å²) < 4.78 is 5.43. The Bertz CT molecular complexity index is 223. The number of ether oxygens (including phenoxy) is 1. The largest absolute Gasteiger partial charge is 0.378 e. The van der Waals surface area contributed by atoms with Crippen molar-refractivity contribution in [3.8, 4) is 0 Å². The van der Waals surface area contributed by atoms with Crippen molar-refractivity contribution in [2.75, 3.05) is 13.2 Å². The number of nitrogens with one attached hydrogen (secondary N) is 2. The van der Waals surface area contributed by atoms with E-state index >= 15 is 0 Å². The van der Waals surface area contributed by atoms with Crippen LogP contribution in [-0.4, -0.2) is 37.2 Å². The zero-order valence-corrected chi connectivity index (χ0v) is 9.29. The zero-order valence-electron chi connectivity index (χ0n) is 9.29. The molecule has 0 aromatic carbocycles. The van der Waals surface area contributed by atoms with E-state index in [4.69, 9.17) is 4.74 Å². The van der Waals surface area contributed by atoms with E-state index in [0.717, 1.165) is 19.4 Å². The van der Waals surface area contributed by atoms with Gasteiger partial charge in [-0.25, -0.2) is 0 Å². The molecule has 2 aliphatic rings. The van der Waals surface area contributed by atoms with E-state index in [2.05, 4.69) is 10.6 Å². The molecule has 0 unspecified atom stereocenters. The van der Waals surface area contributed by atoms with Crippen molar-refractivity contribution in [1.29, 1.82) is 0 Å². The van der Waals surface area contributed by atoms with E-state index < -0.39 is 0 Å². The van der Waals surface area contributed by atoms with Gasteiger partial charge in [0.05, 0.1) is 12.6 Å². The average Bonchev–Trinajstić information content (AvgIpc) is 2.95. The van der Waals surface area contributed by atoms with Crippen LogP contribution in [0.4, 0.5) is 0 Å². The van der Waals surface area contributed by atoms with Gasteiger partial charge in [-0.15, -0.1) is 0 Å². The van der Waals surface area contributed by atoms with Crippen LogP contribution < -0.4 is 10.6 Å². The van der Waals surface area contributed by atoms with Gasteiger partial charge in [0.15, 0.2) is 0 Å². The number of hydrogen-bond acceptors (Lipinski definition) is 3. The van der Waals surface area contributed by atoms with Crippen LogP contribution in [0.5, 0.6) is 0 Å². The van der Waals surface area contributed by atoms with Crippen LogP contribution in [0, 0.1) is 0 Å². The average molecular weight is 212 g/mol. The SMILES string of the molecule is CCOC1CC(NC(=O)CNC2CC2)C1. The summed E-state index contributed by atoms with van der Waals surface area (Å²) in [6.07, 6.45) is 4.77. The minimum Gasteiger partial charge on any atom is -0.378 e. The molecule has 2 rings (SSSR count). The first-order chi connectivity index (χ1) is 7.28.